The predicted molar refractivity (Wildman–Crippen MR) is 97.5 cm³/mol. The van der Waals surface area contributed by atoms with Crippen molar-refractivity contribution in [3.8, 4) is 0 Å². The number of hydrogen-bond donors (Lipinski definition) is 1. The van der Waals surface area contributed by atoms with Crippen molar-refractivity contribution in [1.82, 2.24) is 5.32 Å². The molecule has 0 saturated carbocycles. The molecule has 0 aromatic heterocycles. The molecule has 8 heteroatoms. The van der Waals surface area contributed by atoms with E-state index in [4.69, 9.17) is 4.74 Å². The Kier molecular flexibility index (Phi) is 5.39. The summed E-state index contributed by atoms with van der Waals surface area (Å²) in [6.07, 6.45) is 0.694. The van der Waals surface area contributed by atoms with Crippen LogP contribution in [0.5, 0.6) is 0 Å². The number of piperidine rings is 1. The van der Waals surface area contributed by atoms with E-state index in [9.17, 15) is 14.0 Å². The molecule has 2 saturated heterocycles. The van der Waals surface area contributed by atoms with Crippen molar-refractivity contribution in [2.45, 2.75) is 25.9 Å². The molecule has 2 aliphatic heterocycles. The second-order valence-electron chi connectivity index (χ2n) is 6.47. The van der Waals surface area contributed by atoms with Gasteiger partial charge in [0.05, 0.1) is 24.5 Å². The summed E-state index contributed by atoms with van der Waals surface area (Å²) in [6.45, 7) is 3.38. The molecule has 1 aromatic rings. The monoisotopic (exact) mass is 362 g/mol. The van der Waals surface area contributed by atoms with E-state index in [0.717, 1.165) is 31.6 Å². The van der Waals surface area contributed by atoms with E-state index in [0.29, 0.717) is 11.4 Å². The molecule has 0 spiro atoms. The maximum absolute atomic E-state index is 14.6. The van der Waals surface area contributed by atoms with Crippen molar-refractivity contribution in [2.24, 2.45) is 4.99 Å². The maximum atomic E-state index is 14.6. The summed E-state index contributed by atoms with van der Waals surface area (Å²) in [5, 5.41) is 2.62. The van der Waals surface area contributed by atoms with Gasteiger partial charge in [-0.25, -0.2) is 9.18 Å². The highest BCUT2D eigenvalue weighted by atomic mass is 19.1. The van der Waals surface area contributed by atoms with Crippen molar-refractivity contribution in [2.75, 3.05) is 43.0 Å². The van der Waals surface area contributed by atoms with E-state index >= 15 is 0 Å². The minimum atomic E-state index is -0.533. The second-order valence-corrected chi connectivity index (χ2v) is 6.47. The molecule has 2 heterocycles. The van der Waals surface area contributed by atoms with Crippen LogP contribution in [0.15, 0.2) is 23.2 Å². The van der Waals surface area contributed by atoms with Crippen LogP contribution in [0.3, 0.4) is 0 Å². The molecule has 3 rings (SSSR count). The number of anilines is 2. The smallest absolute Gasteiger partial charge is 0.414 e. The van der Waals surface area contributed by atoms with Gasteiger partial charge in [0, 0.05) is 45.6 Å². The normalized spacial score (nSPS) is 20.2. The lowest BCUT2D eigenvalue weighted by atomic mass is 10.1. The first-order valence-electron chi connectivity index (χ1n) is 8.69. The van der Waals surface area contributed by atoms with Crippen LogP contribution in [-0.4, -0.2) is 57.0 Å². The van der Waals surface area contributed by atoms with Crippen LogP contribution in [0.2, 0.25) is 0 Å². The number of hydrogen-bond acceptors (Lipinski definition) is 5. The Balaban J connectivity index is 1.68. The highest BCUT2D eigenvalue weighted by Crippen LogP contribution is 2.29. The highest BCUT2D eigenvalue weighted by molar-refractivity contribution is 5.90. The average Bonchev–Trinajstić information content (AvgIpc) is 3.01. The van der Waals surface area contributed by atoms with Crippen molar-refractivity contribution < 1.29 is 18.7 Å². The van der Waals surface area contributed by atoms with Gasteiger partial charge in [-0.2, -0.15) is 0 Å². The van der Waals surface area contributed by atoms with Crippen LogP contribution < -0.4 is 15.1 Å². The van der Waals surface area contributed by atoms with Gasteiger partial charge >= 0.3 is 6.09 Å². The third-order valence-electron chi connectivity index (χ3n) is 4.69. The molecule has 2 amide bonds. The van der Waals surface area contributed by atoms with Crippen LogP contribution in [0.1, 0.15) is 19.8 Å². The van der Waals surface area contributed by atoms with Crippen molar-refractivity contribution in [3.63, 3.8) is 0 Å². The molecule has 1 aromatic carbocycles. The van der Waals surface area contributed by atoms with Gasteiger partial charge in [0.15, 0.2) is 0 Å². The second kappa shape index (κ2) is 7.72. The van der Waals surface area contributed by atoms with Gasteiger partial charge in [-0.1, -0.05) is 0 Å². The van der Waals surface area contributed by atoms with Crippen molar-refractivity contribution in [1.29, 1.82) is 0 Å². The number of nitrogens with zero attached hydrogens (tertiary/aromatic N) is 3. The van der Waals surface area contributed by atoms with Crippen LogP contribution in [0.4, 0.5) is 20.6 Å². The first kappa shape index (κ1) is 18.2. The van der Waals surface area contributed by atoms with Gasteiger partial charge in [0.2, 0.25) is 5.91 Å². The average molecular weight is 362 g/mol. The third kappa shape index (κ3) is 3.95. The molecular weight excluding hydrogens is 339 g/mol. The first-order chi connectivity index (χ1) is 12.5. The number of cyclic esters (lactones) is 1. The molecule has 0 aliphatic carbocycles. The summed E-state index contributed by atoms with van der Waals surface area (Å²) in [4.78, 5) is 30.6. The van der Waals surface area contributed by atoms with E-state index in [1.165, 1.54) is 17.9 Å². The Labute approximate surface area is 151 Å². The number of rotatable bonds is 4. The Morgan fingerprint density at radius 3 is 2.73 bits per heavy atom. The van der Waals surface area contributed by atoms with E-state index in [1.807, 2.05) is 4.90 Å². The zero-order valence-corrected chi connectivity index (χ0v) is 15.0. The molecule has 2 aliphatic rings. The van der Waals surface area contributed by atoms with E-state index in [1.54, 1.807) is 19.2 Å². The Hall–Kier alpha value is -2.64. The maximum Gasteiger partial charge on any atom is 0.414 e. The summed E-state index contributed by atoms with van der Waals surface area (Å²) in [6, 6.07) is 4.79. The molecular formula is C18H23FN4O3. The Morgan fingerprint density at radius 2 is 2.12 bits per heavy atom. The van der Waals surface area contributed by atoms with Gasteiger partial charge in [-0.3, -0.25) is 14.7 Å². The molecule has 1 atom stereocenters. The van der Waals surface area contributed by atoms with Gasteiger partial charge in [0.1, 0.15) is 11.9 Å². The van der Waals surface area contributed by atoms with Gasteiger partial charge in [-0.15, -0.1) is 0 Å². The minimum absolute atomic E-state index is 0.187. The molecule has 0 unspecified atom stereocenters. The first-order valence-corrected chi connectivity index (χ1v) is 8.69. The van der Waals surface area contributed by atoms with Crippen LogP contribution in [0, 0.1) is 5.82 Å². The summed E-state index contributed by atoms with van der Waals surface area (Å²) in [7, 11) is 1.79. The van der Waals surface area contributed by atoms with E-state index < -0.39 is 12.2 Å². The van der Waals surface area contributed by atoms with Crippen LogP contribution in [0.25, 0.3) is 0 Å². The largest absolute Gasteiger partial charge is 0.442 e. The molecule has 0 radical (unpaired) electrons. The number of carbonyl (C=O) groups is 2. The highest BCUT2D eigenvalue weighted by Gasteiger charge is 2.33. The molecule has 1 N–H and O–H groups in total. The molecule has 26 heavy (non-hydrogen) atoms. The van der Waals surface area contributed by atoms with Crippen molar-refractivity contribution in [3.05, 3.63) is 24.0 Å². The molecule has 140 valence electrons. The summed E-state index contributed by atoms with van der Waals surface area (Å²) in [5.74, 6) is -0.551. The number of halogens is 1. The van der Waals surface area contributed by atoms with Gasteiger partial charge in [-0.05, 0) is 18.2 Å². The Bertz CT molecular complexity index is 727. The summed E-state index contributed by atoms with van der Waals surface area (Å²) >= 11 is 0. The standard InChI is InChI=1S/C18H23FN4O3/c1-12(24)21-10-15-11-23(18(25)26-15)14-3-4-17(16(19)9-14)22-7-5-13(20-2)6-8-22/h3-4,9,15H,5-8,10-11H2,1-2H3,(H,21,24)/t15-/m0/s1. The van der Waals surface area contributed by atoms with Gasteiger partial charge in [0.25, 0.3) is 0 Å². The number of ether oxygens (including phenoxy) is 1. The number of amides is 2. The fraction of sp³-hybridized carbons (Fsp3) is 0.500. The zero-order chi connectivity index (χ0) is 18.7. The summed E-state index contributed by atoms with van der Waals surface area (Å²) < 4.78 is 19.9. The number of benzene rings is 1. The van der Waals surface area contributed by atoms with E-state index in [-0.39, 0.29) is 24.8 Å². The predicted octanol–water partition coefficient (Wildman–Crippen LogP) is 1.96. The third-order valence-corrected chi connectivity index (χ3v) is 4.69. The fourth-order valence-corrected chi connectivity index (χ4v) is 3.25. The summed E-state index contributed by atoms with van der Waals surface area (Å²) in [5.41, 5.74) is 2.14. The number of aliphatic imine (C=N–C) groups is 1. The van der Waals surface area contributed by atoms with Gasteiger partial charge < -0.3 is 15.0 Å². The van der Waals surface area contributed by atoms with Crippen LogP contribution >= 0.6 is 0 Å². The quantitative estimate of drug-likeness (QED) is 0.889. The molecule has 7 nitrogen and oxygen atoms in total. The molecule has 0 bridgehead atoms. The minimum Gasteiger partial charge on any atom is -0.442 e. The topological polar surface area (TPSA) is 74.2 Å². The lowest BCUT2D eigenvalue weighted by Crippen LogP contribution is -2.34. The number of carbonyl (C=O) groups excluding carboxylic acids is 2. The number of nitrogens with one attached hydrogen (secondary N) is 1. The molecule has 2 fully saturated rings. The van der Waals surface area contributed by atoms with Crippen molar-refractivity contribution >= 4 is 29.1 Å². The van der Waals surface area contributed by atoms with Crippen LogP contribution in [-0.2, 0) is 9.53 Å². The lowest BCUT2D eigenvalue weighted by Gasteiger charge is -2.30. The Morgan fingerprint density at radius 1 is 1.38 bits per heavy atom. The lowest BCUT2D eigenvalue weighted by molar-refractivity contribution is -0.119. The zero-order valence-electron chi connectivity index (χ0n) is 15.0. The SMILES string of the molecule is CN=C1CCN(c2ccc(N3C[C@H](CNC(C)=O)OC3=O)cc2F)CC1. The van der Waals surface area contributed by atoms with E-state index in [2.05, 4.69) is 10.3 Å². The fourth-order valence-electron chi connectivity index (χ4n) is 3.25.